The number of nitrogens with one attached hydrogen (secondary N) is 2. The fraction of sp³-hybridized carbons (Fsp3) is 0.579. The largest absolute Gasteiger partial charge is 0.379 e. The maximum Gasteiger partial charge on any atom is 0.235 e. The van der Waals surface area contributed by atoms with E-state index in [4.69, 9.17) is 4.74 Å². The smallest absolute Gasteiger partial charge is 0.235 e. The van der Waals surface area contributed by atoms with Crippen LogP contribution in [0.2, 0.25) is 0 Å². The van der Waals surface area contributed by atoms with Gasteiger partial charge in [-0.1, -0.05) is 29.8 Å². The Morgan fingerprint density at radius 3 is 2.52 bits per heavy atom. The average Bonchev–Trinajstić information content (AvgIpc) is 2.60. The van der Waals surface area contributed by atoms with E-state index in [0.717, 1.165) is 44.0 Å². The lowest BCUT2D eigenvalue weighted by Crippen LogP contribution is -2.49. The van der Waals surface area contributed by atoms with Crippen LogP contribution < -0.4 is 10.6 Å². The van der Waals surface area contributed by atoms with Crippen molar-refractivity contribution >= 4 is 11.8 Å². The summed E-state index contributed by atoms with van der Waals surface area (Å²) in [6.07, 6.45) is 0. The third kappa shape index (κ3) is 5.83. The highest BCUT2D eigenvalue weighted by Gasteiger charge is 2.35. The van der Waals surface area contributed by atoms with Crippen molar-refractivity contribution in [1.29, 1.82) is 0 Å². The lowest BCUT2D eigenvalue weighted by Gasteiger charge is -2.27. The minimum absolute atomic E-state index is 0.248. The van der Waals surface area contributed by atoms with E-state index in [2.05, 4.69) is 15.5 Å². The molecule has 138 valence electrons. The van der Waals surface area contributed by atoms with Gasteiger partial charge in [-0.2, -0.15) is 0 Å². The topological polar surface area (TPSA) is 70.7 Å². The van der Waals surface area contributed by atoms with Crippen LogP contribution in [0.3, 0.4) is 0 Å². The van der Waals surface area contributed by atoms with Gasteiger partial charge in [0.2, 0.25) is 11.8 Å². The number of amides is 2. The molecule has 2 N–H and O–H groups in total. The first-order chi connectivity index (χ1) is 11.9. The minimum atomic E-state index is -1.10. The van der Waals surface area contributed by atoms with Gasteiger partial charge in [0, 0.05) is 32.7 Å². The van der Waals surface area contributed by atoms with Gasteiger partial charge in [0.25, 0.3) is 0 Å². The second-order valence-corrected chi connectivity index (χ2v) is 7.01. The Bertz CT molecular complexity index is 595. The first kappa shape index (κ1) is 19.4. The van der Waals surface area contributed by atoms with Crippen molar-refractivity contribution in [2.45, 2.75) is 27.3 Å². The highest BCUT2D eigenvalue weighted by atomic mass is 16.5. The Balaban J connectivity index is 1.77. The van der Waals surface area contributed by atoms with Gasteiger partial charge in [0.15, 0.2) is 0 Å². The zero-order chi connectivity index (χ0) is 18.3. The number of carbonyl (C=O) groups is 2. The van der Waals surface area contributed by atoms with Crippen molar-refractivity contribution in [3.63, 3.8) is 0 Å². The van der Waals surface area contributed by atoms with Crippen molar-refractivity contribution < 1.29 is 14.3 Å². The molecule has 1 aromatic rings. The average molecular weight is 347 g/mol. The summed E-state index contributed by atoms with van der Waals surface area (Å²) in [6.45, 7) is 10.3. The molecule has 0 aliphatic carbocycles. The minimum Gasteiger partial charge on any atom is -0.379 e. The van der Waals surface area contributed by atoms with Crippen LogP contribution in [-0.2, 0) is 20.9 Å². The van der Waals surface area contributed by atoms with Crippen LogP contribution in [0.1, 0.15) is 25.0 Å². The zero-order valence-corrected chi connectivity index (χ0v) is 15.4. The maximum atomic E-state index is 12.4. The Morgan fingerprint density at radius 1 is 1.16 bits per heavy atom. The van der Waals surface area contributed by atoms with Gasteiger partial charge in [-0.25, -0.2) is 0 Å². The van der Waals surface area contributed by atoms with Gasteiger partial charge in [-0.15, -0.1) is 0 Å². The van der Waals surface area contributed by atoms with Crippen LogP contribution >= 0.6 is 0 Å². The number of carbonyl (C=O) groups excluding carboxylic acids is 2. The van der Waals surface area contributed by atoms with Crippen LogP contribution in [0.25, 0.3) is 0 Å². The highest BCUT2D eigenvalue weighted by molar-refractivity contribution is 6.04. The molecule has 0 unspecified atom stereocenters. The number of aryl methyl sites for hydroxylation is 1. The van der Waals surface area contributed by atoms with Gasteiger partial charge in [-0.05, 0) is 26.3 Å². The monoisotopic (exact) mass is 347 g/mol. The number of nitrogens with zero attached hydrogens (tertiary/aromatic N) is 1. The quantitative estimate of drug-likeness (QED) is 0.725. The second kappa shape index (κ2) is 8.97. The molecule has 0 radical (unpaired) electrons. The summed E-state index contributed by atoms with van der Waals surface area (Å²) in [4.78, 5) is 27.1. The number of ether oxygens (including phenoxy) is 1. The fourth-order valence-electron chi connectivity index (χ4n) is 2.70. The lowest BCUT2D eigenvalue weighted by molar-refractivity contribution is -0.141. The van der Waals surface area contributed by atoms with Crippen molar-refractivity contribution in [3.05, 3.63) is 35.4 Å². The van der Waals surface area contributed by atoms with E-state index in [1.54, 1.807) is 13.8 Å². The van der Waals surface area contributed by atoms with E-state index < -0.39 is 5.41 Å². The van der Waals surface area contributed by atoms with Crippen LogP contribution in [0.5, 0.6) is 0 Å². The summed E-state index contributed by atoms with van der Waals surface area (Å²) in [7, 11) is 0. The summed E-state index contributed by atoms with van der Waals surface area (Å²) in [5.74, 6) is -0.514. The molecular formula is C19H29N3O3. The normalized spacial score (nSPS) is 15.6. The van der Waals surface area contributed by atoms with E-state index in [1.165, 1.54) is 0 Å². The van der Waals surface area contributed by atoms with Gasteiger partial charge in [0.05, 0.1) is 13.2 Å². The van der Waals surface area contributed by atoms with E-state index in [0.29, 0.717) is 13.1 Å². The number of benzene rings is 1. The highest BCUT2D eigenvalue weighted by Crippen LogP contribution is 2.16. The second-order valence-electron chi connectivity index (χ2n) is 7.01. The predicted molar refractivity (Wildman–Crippen MR) is 97.1 cm³/mol. The third-order valence-corrected chi connectivity index (χ3v) is 4.49. The summed E-state index contributed by atoms with van der Waals surface area (Å²) in [6, 6.07) is 7.95. The third-order valence-electron chi connectivity index (χ3n) is 4.49. The molecule has 25 heavy (non-hydrogen) atoms. The van der Waals surface area contributed by atoms with E-state index in [-0.39, 0.29) is 11.8 Å². The van der Waals surface area contributed by atoms with Gasteiger partial charge < -0.3 is 15.4 Å². The van der Waals surface area contributed by atoms with Crippen molar-refractivity contribution in [1.82, 2.24) is 15.5 Å². The summed E-state index contributed by atoms with van der Waals surface area (Å²) in [5.41, 5.74) is 1.07. The molecule has 0 saturated carbocycles. The Kier molecular flexibility index (Phi) is 6.96. The molecule has 1 saturated heterocycles. The Hall–Kier alpha value is -1.92. The van der Waals surface area contributed by atoms with Gasteiger partial charge >= 0.3 is 0 Å². The van der Waals surface area contributed by atoms with Crippen LogP contribution in [0.15, 0.2) is 24.3 Å². The van der Waals surface area contributed by atoms with E-state index in [1.807, 2.05) is 31.2 Å². The molecule has 1 heterocycles. The predicted octanol–water partition coefficient (Wildman–Crippen LogP) is 1.09. The van der Waals surface area contributed by atoms with Crippen LogP contribution in [0, 0.1) is 12.3 Å². The molecule has 1 aliphatic heterocycles. The van der Waals surface area contributed by atoms with Crippen LogP contribution in [0.4, 0.5) is 0 Å². The van der Waals surface area contributed by atoms with Crippen LogP contribution in [-0.4, -0.2) is 56.1 Å². The molecule has 1 fully saturated rings. The first-order valence-electron chi connectivity index (χ1n) is 8.82. The number of hydrogen-bond acceptors (Lipinski definition) is 4. The van der Waals surface area contributed by atoms with Crippen molar-refractivity contribution in [2.24, 2.45) is 5.41 Å². The SMILES string of the molecule is Cc1cccc(CNC(=O)C(C)(C)C(=O)NCCN2CCOCC2)c1. The fourth-order valence-corrected chi connectivity index (χ4v) is 2.70. The molecule has 6 heteroatoms. The number of rotatable bonds is 7. The molecule has 1 aromatic carbocycles. The molecule has 2 rings (SSSR count). The summed E-state index contributed by atoms with van der Waals surface area (Å²) < 4.78 is 5.30. The maximum absolute atomic E-state index is 12.4. The molecule has 1 aliphatic rings. The summed E-state index contributed by atoms with van der Waals surface area (Å²) in [5, 5.41) is 5.74. The Labute approximate surface area is 149 Å². The summed E-state index contributed by atoms with van der Waals surface area (Å²) >= 11 is 0. The molecule has 0 atom stereocenters. The Morgan fingerprint density at radius 2 is 1.84 bits per heavy atom. The zero-order valence-electron chi connectivity index (χ0n) is 15.4. The number of morpholine rings is 1. The molecule has 0 spiro atoms. The molecule has 6 nitrogen and oxygen atoms in total. The van der Waals surface area contributed by atoms with E-state index >= 15 is 0 Å². The standard InChI is InChI=1S/C19H29N3O3/c1-15-5-4-6-16(13-15)14-21-18(24)19(2,3)17(23)20-7-8-22-9-11-25-12-10-22/h4-6,13H,7-12,14H2,1-3H3,(H,20,23)(H,21,24). The van der Waals surface area contributed by atoms with Crippen molar-refractivity contribution in [2.75, 3.05) is 39.4 Å². The van der Waals surface area contributed by atoms with Gasteiger partial charge in [-0.3, -0.25) is 14.5 Å². The van der Waals surface area contributed by atoms with Gasteiger partial charge in [0.1, 0.15) is 5.41 Å². The number of hydrogen-bond donors (Lipinski definition) is 2. The molecule has 0 aromatic heterocycles. The lowest BCUT2D eigenvalue weighted by atomic mass is 9.91. The molecule has 0 bridgehead atoms. The molecule has 2 amide bonds. The van der Waals surface area contributed by atoms with E-state index in [9.17, 15) is 9.59 Å². The molecular weight excluding hydrogens is 318 g/mol. The van der Waals surface area contributed by atoms with Crippen molar-refractivity contribution in [3.8, 4) is 0 Å². The first-order valence-corrected chi connectivity index (χ1v) is 8.82.